The smallest absolute Gasteiger partial charge is 0.256 e. The molecule has 3 rings (SSSR count). The van der Waals surface area contributed by atoms with Gasteiger partial charge >= 0.3 is 0 Å². The average molecular weight is 310 g/mol. The van der Waals surface area contributed by atoms with Crippen LogP contribution >= 0.6 is 0 Å². The van der Waals surface area contributed by atoms with Gasteiger partial charge in [0, 0.05) is 23.4 Å². The predicted octanol–water partition coefficient (Wildman–Crippen LogP) is 3.22. The van der Waals surface area contributed by atoms with Crippen LogP contribution in [0.2, 0.25) is 0 Å². The Morgan fingerprint density at radius 3 is 2.68 bits per heavy atom. The van der Waals surface area contributed by atoms with Crippen molar-refractivity contribution >= 4 is 33.3 Å². The predicted molar refractivity (Wildman–Crippen MR) is 88.5 cm³/mol. The van der Waals surface area contributed by atoms with Gasteiger partial charge in [0.15, 0.2) is 0 Å². The number of rotatable bonds is 3. The van der Waals surface area contributed by atoms with Gasteiger partial charge in [0.2, 0.25) is 0 Å². The van der Waals surface area contributed by atoms with E-state index in [2.05, 4.69) is 10.3 Å². The number of anilines is 1. The molecule has 1 amide bonds. The summed E-state index contributed by atoms with van der Waals surface area (Å²) in [4.78, 5) is 17.4. The highest BCUT2D eigenvalue weighted by atomic mass is 32.2. The fraction of sp³-hybridized carbons (Fsp3) is 0.0588. The molecule has 1 aromatic heterocycles. The topological polar surface area (TPSA) is 59.1 Å². The van der Waals surface area contributed by atoms with E-state index >= 15 is 0 Å². The molecular weight excluding hydrogens is 296 g/mol. The number of carbonyl (C=O) groups is 1. The molecule has 1 atom stereocenters. The number of carbonyl (C=O) groups excluding carboxylic acids is 1. The maximum atomic E-state index is 12.6. The largest absolute Gasteiger partial charge is 0.321 e. The van der Waals surface area contributed by atoms with E-state index in [1.54, 1.807) is 54.9 Å². The van der Waals surface area contributed by atoms with Crippen molar-refractivity contribution in [1.82, 2.24) is 4.98 Å². The van der Waals surface area contributed by atoms with Crippen LogP contribution in [0.15, 0.2) is 65.7 Å². The van der Waals surface area contributed by atoms with Crippen molar-refractivity contribution in [3.05, 3.63) is 66.4 Å². The van der Waals surface area contributed by atoms with Crippen molar-refractivity contribution in [3.8, 4) is 0 Å². The van der Waals surface area contributed by atoms with Crippen LogP contribution in [-0.4, -0.2) is 21.4 Å². The lowest BCUT2D eigenvalue weighted by Gasteiger charge is -2.10. The van der Waals surface area contributed by atoms with Crippen LogP contribution in [0.25, 0.3) is 10.9 Å². The van der Waals surface area contributed by atoms with Crippen LogP contribution in [-0.2, 0) is 10.8 Å². The molecule has 110 valence electrons. The molecule has 1 heterocycles. The van der Waals surface area contributed by atoms with Gasteiger partial charge in [0.1, 0.15) is 0 Å². The third-order valence-corrected chi connectivity index (χ3v) is 4.31. The molecule has 0 fully saturated rings. The molecule has 0 saturated carbocycles. The summed E-state index contributed by atoms with van der Waals surface area (Å²) in [5, 5.41) is 3.63. The van der Waals surface area contributed by atoms with Crippen LogP contribution in [0.3, 0.4) is 0 Å². The van der Waals surface area contributed by atoms with Gasteiger partial charge in [-0.25, -0.2) is 0 Å². The Hall–Kier alpha value is -2.53. The van der Waals surface area contributed by atoms with E-state index in [1.165, 1.54) is 0 Å². The molecule has 0 unspecified atom stereocenters. The maximum Gasteiger partial charge on any atom is 0.256 e. The van der Waals surface area contributed by atoms with Crippen molar-refractivity contribution in [2.75, 3.05) is 11.6 Å². The normalized spacial score (nSPS) is 12.0. The summed E-state index contributed by atoms with van der Waals surface area (Å²) in [5.41, 5.74) is 1.87. The molecule has 1 N–H and O–H groups in total. The Bertz CT molecular complexity index is 872. The van der Waals surface area contributed by atoms with Crippen LogP contribution in [0.1, 0.15) is 10.4 Å². The quantitative estimate of drug-likeness (QED) is 0.808. The zero-order chi connectivity index (χ0) is 15.5. The van der Waals surface area contributed by atoms with E-state index in [-0.39, 0.29) is 5.91 Å². The number of pyridine rings is 1. The Balaban J connectivity index is 2.00. The maximum absolute atomic E-state index is 12.6. The first-order valence-electron chi connectivity index (χ1n) is 6.74. The number of aromatic nitrogens is 1. The van der Waals surface area contributed by atoms with E-state index in [0.717, 1.165) is 10.9 Å². The van der Waals surface area contributed by atoms with Crippen molar-refractivity contribution < 1.29 is 9.00 Å². The molecule has 3 aromatic rings. The van der Waals surface area contributed by atoms with Gasteiger partial charge in [-0.15, -0.1) is 0 Å². The number of amides is 1. The van der Waals surface area contributed by atoms with Crippen molar-refractivity contribution in [3.63, 3.8) is 0 Å². The number of nitrogens with zero attached hydrogens (tertiary/aromatic N) is 1. The molecule has 2 aromatic carbocycles. The molecule has 0 bridgehead atoms. The zero-order valence-electron chi connectivity index (χ0n) is 11.9. The molecule has 22 heavy (non-hydrogen) atoms. The van der Waals surface area contributed by atoms with Crippen molar-refractivity contribution in [2.45, 2.75) is 4.90 Å². The number of benzene rings is 2. The van der Waals surface area contributed by atoms with Gasteiger partial charge in [0.25, 0.3) is 5.91 Å². The Morgan fingerprint density at radius 1 is 1.05 bits per heavy atom. The van der Waals surface area contributed by atoms with E-state index in [1.807, 2.05) is 12.1 Å². The fourth-order valence-corrected chi connectivity index (χ4v) is 3.01. The first kappa shape index (κ1) is 14.4. The Morgan fingerprint density at radius 2 is 1.86 bits per heavy atom. The van der Waals surface area contributed by atoms with Crippen molar-refractivity contribution in [1.29, 1.82) is 0 Å². The summed E-state index contributed by atoms with van der Waals surface area (Å²) in [7, 11) is -1.17. The van der Waals surface area contributed by atoms with Gasteiger partial charge in [-0.2, -0.15) is 0 Å². The summed E-state index contributed by atoms with van der Waals surface area (Å²) in [6, 6.07) is 16.2. The summed E-state index contributed by atoms with van der Waals surface area (Å²) >= 11 is 0. The van der Waals surface area contributed by atoms with Gasteiger partial charge in [0.05, 0.1) is 26.9 Å². The molecule has 0 aliphatic rings. The third kappa shape index (κ3) is 2.76. The Labute approximate surface area is 130 Å². The lowest BCUT2D eigenvalue weighted by atomic mass is 10.1. The summed E-state index contributed by atoms with van der Waals surface area (Å²) in [6.45, 7) is 0. The Kier molecular flexibility index (Phi) is 3.98. The van der Waals surface area contributed by atoms with Crippen LogP contribution in [0, 0.1) is 0 Å². The number of fused-ring (bicyclic) bond motifs is 1. The molecule has 0 saturated heterocycles. The number of para-hydroxylation sites is 1. The van der Waals surface area contributed by atoms with E-state index < -0.39 is 10.8 Å². The number of hydrogen-bond donors (Lipinski definition) is 1. The second-order valence-corrected chi connectivity index (χ2v) is 6.13. The summed E-state index contributed by atoms with van der Waals surface area (Å²) in [5.74, 6) is -0.239. The lowest BCUT2D eigenvalue weighted by Crippen LogP contribution is -2.14. The highest BCUT2D eigenvalue weighted by Gasteiger charge is 2.13. The lowest BCUT2D eigenvalue weighted by molar-refractivity contribution is 0.102. The molecule has 0 radical (unpaired) electrons. The standard InChI is InChI=1S/C17H14N2O2S/c1-22(21)16-10-3-2-8-15(16)19-17(20)13-6-4-9-14-12(13)7-5-11-18-14/h2-11H,1H3,(H,19,20)/t22-/m1/s1. The van der Waals surface area contributed by atoms with E-state index in [4.69, 9.17) is 0 Å². The molecule has 0 aliphatic carbocycles. The second kappa shape index (κ2) is 6.07. The first-order chi connectivity index (χ1) is 10.7. The van der Waals surface area contributed by atoms with Crippen molar-refractivity contribution in [2.24, 2.45) is 0 Å². The minimum Gasteiger partial charge on any atom is -0.321 e. The number of nitrogens with one attached hydrogen (secondary N) is 1. The fourth-order valence-electron chi connectivity index (χ4n) is 2.31. The minimum absolute atomic E-state index is 0.239. The molecule has 0 aliphatic heterocycles. The molecule has 0 spiro atoms. The molecular formula is C17H14N2O2S. The first-order valence-corrected chi connectivity index (χ1v) is 8.30. The number of hydrogen-bond acceptors (Lipinski definition) is 3. The average Bonchev–Trinajstić information content (AvgIpc) is 2.54. The van der Waals surface area contributed by atoms with Gasteiger partial charge in [-0.3, -0.25) is 14.0 Å². The second-order valence-electron chi connectivity index (χ2n) is 4.78. The molecule has 5 heteroatoms. The SMILES string of the molecule is C[S@@](=O)c1ccccc1NC(=O)c1cccc2ncccc12. The van der Waals surface area contributed by atoms with Gasteiger partial charge in [-0.1, -0.05) is 24.3 Å². The zero-order valence-corrected chi connectivity index (χ0v) is 12.8. The van der Waals surface area contributed by atoms with Gasteiger partial charge < -0.3 is 5.32 Å². The monoisotopic (exact) mass is 310 g/mol. The third-order valence-electron chi connectivity index (χ3n) is 3.34. The van der Waals surface area contributed by atoms with E-state index in [0.29, 0.717) is 16.1 Å². The summed E-state index contributed by atoms with van der Waals surface area (Å²) in [6.07, 6.45) is 3.28. The summed E-state index contributed by atoms with van der Waals surface area (Å²) < 4.78 is 11.7. The van der Waals surface area contributed by atoms with Gasteiger partial charge in [-0.05, 0) is 30.3 Å². The van der Waals surface area contributed by atoms with Crippen LogP contribution in [0.5, 0.6) is 0 Å². The molecule has 4 nitrogen and oxygen atoms in total. The van der Waals surface area contributed by atoms with Crippen LogP contribution in [0.4, 0.5) is 5.69 Å². The minimum atomic E-state index is -1.17. The highest BCUT2D eigenvalue weighted by molar-refractivity contribution is 7.84. The van der Waals surface area contributed by atoms with Crippen LogP contribution < -0.4 is 5.32 Å². The highest BCUT2D eigenvalue weighted by Crippen LogP contribution is 2.21. The van der Waals surface area contributed by atoms with E-state index in [9.17, 15) is 9.00 Å².